The third-order valence-electron chi connectivity index (χ3n) is 4.62. The van der Waals surface area contributed by atoms with Gasteiger partial charge >= 0.3 is 0 Å². The van der Waals surface area contributed by atoms with Crippen molar-refractivity contribution in [3.63, 3.8) is 0 Å². The maximum atomic E-state index is 12.7. The van der Waals surface area contributed by atoms with Crippen molar-refractivity contribution in [1.82, 2.24) is 4.90 Å². The average molecular weight is 336 g/mol. The summed E-state index contributed by atoms with van der Waals surface area (Å²) in [5, 5.41) is 2.91. The Morgan fingerprint density at radius 2 is 1.60 bits per heavy atom. The lowest BCUT2D eigenvalue weighted by atomic mass is 10.1. The van der Waals surface area contributed by atoms with E-state index < -0.39 is 0 Å². The summed E-state index contributed by atoms with van der Waals surface area (Å²) in [7, 11) is 0. The summed E-state index contributed by atoms with van der Waals surface area (Å²) in [4.78, 5) is 26.9. The van der Waals surface area contributed by atoms with Crippen LogP contribution in [0.15, 0.2) is 48.5 Å². The molecule has 0 aromatic heterocycles. The molecule has 0 atom stereocenters. The van der Waals surface area contributed by atoms with Crippen molar-refractivity contribution in [2.75, 3.05) is 18.4 Å². The fourth-order valence-corrected chi connectivity index (χ4v) is 3.14. The maximum absolute atomic E-state index is 12.7. The molecule has 1 aliphatic heterocycles. The number of hydrogen-bond donors (Lipinski definition) is 1. The van der Waals surface area contributed by atoms with Gasteiger partial charge in [0.05, 0.1) is 17.7 Å². The van der Waals surface area contributed by atoms with Crippen molar-refractivity contribution in [1.29, 1.82) is 0 Å². The number of nitrogens with one attached hydrogen (secondary N) is 1. The molecule has 3 rings (SSSR count). The van der Waals surface area contributed by atoms with Crippen LogP contribution >= 0.6 is 0 Å². The highest BCUT2D eigenvalue weighted by Crippen LogP contribution is 2.20. The van der Waals surface area contributed by atoms with Crippen LogP contribution in [0.25, 0.3) is 0 Å². The highest BCUT2D eigenvalue weighted by Gasteiger charge is 2.22. The van der Waals surface area contributed by atoms with E-state index in [4.69, 9.17) is 0 Å². The Morgan fingerprint density at radius 1 is 0.960 bits per heavy atom. The number of likely N-dealkylation sites (tertiary alicyclic amines) is 1. The number of hydrogen-bond acceptors (Lipinski definition) is 2. The van der Waals surface area contributed by atoms with Gasteiger partial charge < -0.3 is 10.2 Å². The van der Waals surface area contributed by atoms with Crippen molar-refractivity contribution >= 4 is 17.5 Å². The van der Waals surface area contributed by atoms with Crippen LogP contribution in [-0.2, 0) is 17.6 Å². The van der Waals surface area contributed by atoms with Gasteiger partial charge in [-0.15, -0.1) is 0 Å². The lowest BCUT2D eigenvalue weighted by Crippen LogP contribution is -2.29. The summed E-state index contributed by atoms with van der Waals surface area (Å²) < 4.78 is 0. The standard InChI is InChI=1S/C21H24N2O2/c1-2-16-9-11-17(12-10-16)15-20(24)22-19-8-4-3-7-18(19)21(25)23-13-5-6-14-23/h3-4,7-12H,2,5-6,13-15H2,1H3,(H,22,24). The van der Waals surface area contributed by atoms with Crippen molar-refractivity contribution in [3.05, 3.63) is 65.2 Å². The maximum Gasteiger partial charge on any atom is 0.255 e. The Morgan fingerprint density at radius 3 is 2.28 bits per heavy atom. The van der Waals surface area contributed by atoms with Crippen LogP contribution in [0.2, 0.25) is 0 Å². The summed E-state index contributed by atoms with van der Waals surface area (Å²) in [6.07, 6.45) is 3.39. The number of benzene rings is 2. The Labute approximate surface area is 148 Å². The van der Waals surface area contributed by atoms with Crippen LogP contribution in [0.3, 0.4) is 0 Å². The molecule has 1 fully saturated rings. The van der Waals surface area contributed by atoms with Crippen LogP contribution in [0.5, 0.6) is 0 Å². The van der Waals surface area contributed by atoms with Gasteiger partial charge in [-0.1, -0.05) is 43.3 Å². The van der Waals surface area contributed by atoms with Crippen LogP contribution in [-0.4, -0.2) is 29.8 Å². The molecule has 0 radical (unpaired) electrons. The number of para-hydroxylation sites is 1. The molecular weight excluding hydrogens is 312 g/mol. The highest BCUT2D eigenvalue weighted by atomic mass is 16.2. The van der Waals surface area contributed by atoms with E-state index >= 15 is 0 Å². The van der Waals surface area contributed by atoms with Gasteiger partial charge in [0, 0.05) is 13.1 Å². The fourth-order valence-electron chi connectivity index (χ4n) is 3.14. The summed E-state index contributed by atoms with van der Waals surface area (Å²) in [5.41, 5.74) is 3.39. The lowest BCUT2D eigenvalue weighted by Gasteiger charge is -2.18. The number of carbonyl (C=O) groups excluding carboxylic acids is 2. The molecule has 1 saturated heterocycles. The Balaban J connectivity index is 1.69. The van der Waals surface area contributed by atoms with Gasteiger partial charge in [-0.3, -0.25) is 9.59 Å². The molecule has 0 saturated carbocycles. The Hall–Kier alpha value is -2.62. The van der Waals surface area contributed by atoms with E-state index in [1.54, 1.807) is 12.1 Å². The number of nitrogens with zero attached hydrogens (tertiary/aromatic N) is 1. The van der Waals surface area contributed by atoms with E-state index in [2.05, 4.69) is 12.2 Å². The average Bonchev–Trinajstić information content (AvgIpc) is 3.17. The van der Waals surface area contributed by atoms with Gasteiger partial charge in [0.15, 0.2) is 0 Å². The van der Waals surface area contributed by atoms with Crippen LogP contribution in [0.1, 0.15) is 41.3 Å². The molecule has 4 heteroatoms. The summed E-state index contributed by atoms with van der Waals surface area (Å²) in [6, 6.07) is 15.3. The molecule has 0 unspecified atom stereocenters. The molecule has 2 amide bonds. The summed E-state index contributed by atoms with van der Waals surface area (Å²) in [5.74, 6) is -0.105. The smallest absolute Gasteiger partial charge is 0.255 e. The quantitative estimate of drug-likeness (QED) is 0.906. The van der Waals surface area contributed by atoms with Gasteiger partial charge in [-0.25, -0.2) is 0 Å². The molecule has 1 N–H and O–H groups in total. The summed E-state index contributed by atoms with van der Waals surface area (Å²) >= 11 is 0. The minimum Gasteiger partial charge on any atom is -0.339 e. The first-order valence-corrected chi connectivity index (χ1v) is 8.93. The minimum atomic E-state index is -0.106. The van der Waals surface area contributed by atoms with Crippen molar-refractivity contribution in [2.24, 2.45) is 0 Å². The first kappa shape index (κ1) is 17.2. The molecule has 130 valence electrons. The van der Waals surface area contributed by atoms with Crippen LogP contribution in [0.4, 0.5) is 5.69 Å². The number of carbonyl (C=O) groups is 2. The molecule has 0 aliphatic carbocycles. The van der Waals surface area contributed by atoms with Gasteiger partial charge in [0.1, 0.15) is 0 Å². The third kappa shape index (κ3) is 4.27. The minimum absolute atomic E-state index is 0.000647. The van der Waals surface area contributed by atoms with Crippen LogP contribution in [0, 0.1) is 0 Å². The van der Waals surface area contributed by atoms with Crippen molar-refractivity contribution in [2.45, 2.75) is 32.6 Å². The van der Waals surface area contributed by atoms with E-state index in [1.807, 2.05) is 41.3 Å². The number of amides is 2. The topological polar surface area (TPSA) is 49.4 Å². The zero-order valence-electron chi connectivity index (χ0n) is 14.6. The number of rotatable bonds is 5. The van der Waals surface area contributed by atoms with Crippen molar-refractivity contribution in [3.8, 4) is 0 Å². The number of aryl methyl sites for hydroxylation is 1. The molecule has 1 aliphatic rings. The third-order valence-corrected chi connectivity index (χ3v) is 4.62. The molecule has 1 heterocycles. The molecule has 4 nitrogen and oxygen atoms in total. The zero-order valence-corrected chi connectivity index (χ0v) is 14.6. The fraction of sp³-hybridized carbons (Fsp3) is 0.333. The van der Waals surface area contributed by atoms with E-state index in [0.29, 0.717) is 17.7 Å². The highest BCUT2D eigenvalue weighted by molar-refractivity contribution is 6.04. The molecule has 2 aromatic rings. The van der Waals surface area contributed by atoms with E-state index in [-0.39, 0.29) is 11.8 Å². The molecule has 25 heavy (non-hydrogen) atoms. The second-order valence-electron chi connectivity index (χ2n) is 6.44. The second kappa shape index (κ2) is 7.97. The predicted molar refractivity (Wildman–Crippen MR) is 99.7 cm³/mol. The van der Waals surface area contributed by atoms with Gasteiger partial charge in [-0.05, 0) is 42.5 Å². The predicted octanol–water partition coefficient (Wildman–Crippen LogP) is 3.67. The van der Waals surface area contributed by atoms with E-state index in [9.17, 15) is 9.59 Å². The first-order chi connectivity index (χ1) is 12.2. The van der Waals surface area contributed by atoms with E-state index in [0.717, 1.165) is 37.9 Å². The van der Waals surface area contributed by atoms with Gasteiger partial charge in [0.25, 0.3) is 5.91 Å². The zero-order chi connectivity index (χ0) is 17.6. The number of anilines is 1. The normalized spacial score (nSPS) is 13.7. The SMILES string of the molecule is CCc1ccc(CC(=O)Nc2ccccc2C(=O)N2CCCC2)cc1. The van der Waals surface area contributed by atoms with Gasteiger partial charge in [0.2, 0.25) is 5.91 Å². The van der Waals surface area contributed by atoms with Gasteiger partial charge in [-0.2, -0.15) is 0 Å². The lowest BCUT2D eigenvalue weighted by molar-refractivity contribution is -0.115. The summed E-state index contributed by atoms with van der Waals surface area (Å²) in [6.45, 7) is 3.70. The molecule has 2 aromatic carbocycles. The second-order valence-corrected chi connectivity index (χ2v) is 6.44. The van der Waals surface area contributed by atoms with Crippen LogP contribution < -0.4 is 5.32 Å². The Bertz CT molecular complexity index is 747. The Kier molecular flexibility index (Phi) is 5.49. The molecule has 0 spiro atoms. The molecular formula is C21H24N2O2. The monoisotopic (exact) mass is 336 g/mol. The molecule has 0 bridgehead atoms. The largest absolute Gasteiger partial charge is 0.339 e. The van der Waals surface area contributed by atoms with Crippen molar-refractivity contribution < 1.29 is 9.59 Å². The first-order valence-electron chi connectivity index (χ1n) is 8.93. The van der Waals surface area contributed by atoms with E-state index in [1.165, 1.54) is 5.56 Å².